The van der Waals surface area contributed by atoms with E-state index in [-0.39, 0.29) is 18.1 Å². The molecular formula is C16H15ClN4O3S. The lowest BCUT2D eigenvalue weighted by Crippen LogP contribution is -2.28. The SMILES string of the molecule is CCNC(=O)c1c(C)sc2nc(COc3ccc(Cl)cn3)cc(=O)n12. The van der Waals surface area contributed by atoms with Gasteiger partial charge in [-0.05, 0) is 19.9 Å². The monoisotopic (exact) mass is 378 g/mol. The predicted octanol–water partition coefficient (Wildman–Crippen LogP) is 2.44. The van der Waals surface area contributed by atoms with Crippen molar-refractivity contribution in [3.63, 3.8) is 0 Å². The summed E-state index contributed by atoms with van der Waals surface area (Å²) in [5.74, 6) is 0.0984. The van der Waals surface area contributed by atoms with E-state index >= 15 is 0 Å². The van der Waals surface area contributed by atoms with Gasteiger partial charge < -0.3 is 10.1 Å². The van der Waals surface area contributed by atoms with Gasteiger partial charge in [-0.1, -0.05) is 11.6 Å². The Hall–Kier alpha value is -2.45. The molecule has 0 saturated carbocycles. The van der Waals surface area contributed by atoms with Gasteiger partial charge in [0.05, 0.1) is 10.7 Å². The first-order valence-electron chi connectivity index (χ1n) is 7.54. The number of aryl methyl sites for hydroxylation is 1. The van der Waals surface area contributed by atoms with Crippen LogP contribution in [0.1, 0.15) is 28.0 Å². The molecule has 0 fully saturated rings. The van der Waals surface area contributed by atoms with Crippen LogP contribution in [0.2, 0.25) is 5.02 Å². The second kappa shape index (κ2) is 7.20. The lowest BCUT2D eigenvalue weighted by atomic mass is 10.3. The number of carbonyl (C=O) groups is 1. The van der Waals surface area contributed by atoms with Crippen molar-refractivity contribution in [1.82, 2.24) is 19.7 Å². The third kappa shape index (κ3) is 3.64. The van der Waals surface area contributed by atoms with Gasteiger partial charge in [0, 0.05) is 29.8 Å². The minimum atomic E-state index is -0.321. The summed E-state index contributed by atoms with van der Waals surface area (Å²) in [4.78, 5) is 34.3. The Kier molecular flexibility index (Phi) is 5.00. The number of nitrogens with one attached hydrogen (secondary N) is 1. The quantitative estimate of drug-likeness (QED) is 0.737. The van der Waals surface area contributed by atoms with E-state index in [1.54, 1.807) is 19.1 Å². The molecule has 0 aliphatic rings. The smallest absolute Gasteiger partial charge is 0.269 e. The van der Waals surface area contributed by atoms with Crippen molar-refractivity contribution < 1.29 is 9.53 Å². The first-order valence-corrected chi connectivity index (χ1v) is 8.73. The summed E-state index contributed by atoms with van der Waals surface area (Å²) in [5, 5.41) is 3.22. The Morgan fingerprint density at radius 3 is 2.92 bits per heavy atom. The average Bonchev–Trinajstić information content (AvgIpc) is 2.91. The van der Waals surface area contributed by atoms with E-state index in [1.165, 1.54) is 28.0 Å². The van der Waals surface area contributed by atoms with E-state index in [0.717, 1.165) is 4.88 Å². The summed E-state index contributed by atoms with van der Waals surface area (Å²) < 4.78 is 6.85. The fourth-order valence-electron chi connectivity index (χ4n) is 2.30. The number of thiazole rings is 1. The van der Waals surface area contributed by atoms with E-state index in [0.29, 0.717) is 33.8 Å². The molecule has 3 aromatic heterocycles. The maximum Gasteiger partial charge on any atom is 0.269 e. The molecule has 0 spiro atoms. The molecule has 0 aliphatic heterocycles. The number of hydrogen-bond donors (Lipinski definition) is 1. The van der Waals surface area contributed by atoms with E-state index in [1.807, 2.05) is 6.92 Å². The van der Waals surface area contributed by atoms with Gasteiger partial charge in [-0.2, -0.15) is 0 Å². The number of hydrogen-bond acceptors (Lipinski definition) is 6. The van der Waals surface area contributed by atoms with Gasteiger partial charge in [-0.3, -0.25) is 9.59 Å². The number of rotatable bonds is 5. The van der Waals surface area contributed by atoms with Crippen LogP contribution in [0.5, 0.6) is 5.88 Å². The van der Waals surface area contributed by atoms with Crippen molar-refractivity contribution in [2.24, 2.45) is 0 Å². The molecule has 0 aliphatic carbocycles. The molecule has 0 aromatic carbocycles. The van der Waals surface area contributed by atoms with Crippen LogP contribution >= 0.6 is 22.9 Å². The third-order valence-corrected chi connectivity index (χ3v) is 4.54. The van der Waals surface area contributed by atoms with Crippen molar-refractivity contribution in [2.75, 3.05) is 6.54 Å². The Bertz CT molecular complexity index is 981. The fraction of sp³-hybridized carbons (Fsp3) is 0.250. The van der Waals surface area contributed by atoms with Crippen LogP contribution in [0.15, 0.2) is 29.2 Å². The molecule has 9 heteroatoms. The van der Waals surface area contributed by atoms with Gasteiger partial charge in [-0.15, -0.1) is 11.3 Å². The predicted molar refractivity (Wildman–Crippen MR) is 95.7 cm³/mol. The first kappa shape index (κ1) is 17.4. The molecule has 7 nitrogen and oxygen atoms in total. The molecule has 3 rings (SSSR count). The van der Waals surface area contributed by atoms with Crippen LogP contribution in [-0.4, -0.2) is 26.8 Å². The number of ether oxygens (including phenoxy) is 1. The second-order valence-electron chi connectivity index (χ2n) is 5.17. The second-order valence-corrected chi connectivity index (χ2v) is 6.79. The molecule has 0 saturated heterocycles. The lowest BCUT2D eigenvalue weighted by Gasteiger charge is -2.06. The molecule has 25 heavy (non-hydrogen) atoms. The van der Waals surface area contributed by atoms with Crippen LogP contribution in [0.3, 0.4) is 0 Å². The average molecular weight is 379 g/mol. The highest BCUT2D eigenvalue weighted by Crippen LogP contribution is 2.20. The molecule has 0 bridgehead atoms. The van der Waals surface area contributed by atoms with E-state index in [9.17, 15) is 9.59 Å². The molecular weight excluding hydrogens is 364 g/mol. The van der Waals surface area contributed by atoms with Crippen molar-refractivity contribution in [3.8, 4) is 5.88 Å². The van der Waals surface area contributed by atoms with Crippen molar-refractivity contribution >= 4 is 33.8 Å². The van der Waals surface area contributed by atoms with Gasteiger partial charge in [0.15, 0.2) is 4.96 Å². The van der Waals surface area contributed by atoms with Gasteiger partial charge in [0.1, 0.15) is 12.3 Å². The summed E-state index contributed by atoms with van der Waals surface area (Å²) in [6.07, 6.45) is 1.48. The van der Waals surface area contributed by atoms with Gasteiger partial charge >= 0.3 is 0 Å². The summed E-state index contributed by atoms with van der Waals surface area (Å²) in [6, 6.07) is 4.66. The van der Waals surface area contributed by atoms with Crippen LogP contribution in [-0.2, 0) is 6.61 Å². The molecule has 1 N–H and O–H groups in total. The highest BCUT2D eigenvalue weighted by molar-refractivity contribution is 7.17. The Balaban J connectivity index is 1.90. The maximum atomic E-state index is 12.5. The Morgan fingerprint density at radius 2 is 2.24 bits per heavy atom. The number of aromatic nitrogens is 3. The molecule has 3 aromatic rings. The number of carbonyl (C=O) groups excluding carboxylic acids is 1. The highest BCUT2D eigenvalue weighted by Gasteiger charge is 2.18. The van der Waals surface area contributed by atoms with Gasteiger partial charge in [0.25, 0.3) is 11.5 Å². The molecule has 0 atom stereocenters. The Labute approximate surface area is 152 Å². The number of amides is 1. The van der Waals surface area contributed by atoms with Crippen LogP contribution < -0.4 is 15.6 Å². The van der Waals surface area contributed by atoms with Crippen molar-refractivity contribution in [1.29, 1.82) is 0 Å². The van der Waals surface area contributed by atoms with Gasteiger partial charge in [-0.25, -0.2) is 14.4 Å². The normalized spacial score (nSPS) is 10.8. The standard InChI is InChI=1S/C16H15ClN4O3S/c1-3-18-15(23)14-9(2)25-16-20-11(6-13(22)21(14)16)8-24-12-5-4-10(17)7-19-12/h4-7H,3,8H2,1-2H3,(H,18,23). The minimum absolute atomic E-state index is 0.0911. The first-order chi connectivity index (χ1) is 12.0. The molecule has 0 radical (unpaired) electrons. The topological polar surface area (TPSA) is 85.6 Å². The van der Waals surface area contributed by atoms with Crippen LogP contribution in [0.25, 0.3) is 4.96 Å². The zero-order valence-corrected chi connectivity index (χ0v) is 15.1. The fourth-order valence-corrected chi connectivity index (χ4v) is 3.40. The summed E-state index contributed by atoms with van der Waals surface area (Å²) in [7, 11) is 0. The molecule has 0 unspecified atom stereocenters. The van der Waals surface area contributed by atoms with Crippen LogP contribution in [0, 0.1) is 6.92 Å². The maximum absolute atomic E-state index is 12.5. The lowest BCUT2D eigenvalue weighted by molar-refractivity contribution is 0.0949. The zero-order valence-electron chi connectivity index (χ0n) is 13.6. The molecule has 1 amide bonds. The van der Waals surface area contributed by atoms with Crippen LogP contribution in [0.4, 0.5) is 0 Å². The zero-order chi connectivity index (χ0) is 18.0. The van der Waals surface area contributed by atoms with Gasteiger partial charge in [0.2, 0.25) is 5.88 Å². The van der Waals surface area contributed by atoms with Crippen molar-refractivity contribution in [3.05, 3.63) is 56.0 Å². The molecule has 130 valence electrons. The summed E-state index contributed by atoms with van der Waals surface area (Å²) in [5.41, 5.74) is 0.468. The van der Waals surface area contributed by atoms with E-state index < -0.39 is 0 Å². The van der Waals surface area contributed by atoms with E-state index in [4.69, 9.17) is 16.3 Å². The number of pyridine rings is 1. The number of halogens is 1. The number of nitrogens with zero attached hydrogens (tertiary/aromatic N) is 3. The molecule has 3 heterocycles. The summed E-state index contributed by atoms with van der Waals surface area (Å²) >= 11 is 7.06. The summed E-state index contributed by atoms with van der Waals surface area (Å²) in [6.45, 7) is 4.19. The number of fused-ring (bicyclic) bond motifs is 1. The minimum Gasteiger partial charge on any atom is -0.471 e. The van der Waals surface area contributed by atoms with E-state index in [2.05, 4.69) is 15.3 Å². The highest BCUT2D eigenvalue weighted by atomic mass is 35.5. The largest absolute Gasteiger partial charge is 0.471 e. The third-order valence-electron chi connectivity index (χ3n) is 3.36. The van der Waals surface area contributed by atoms with Crippen molar-refractivity contribution in [2.45, 2.75) is 20.5 Å². The Morgan fingerprint density at radius 1 is 1.44 bits per heavy atom.